The van der Waals surface area contributed by atoms with Crippen molar-refractivity contribution in [1.29, 1.82) is 0 Å². The van der Waals surface area contributed by atoms with Crippen molar-refractivity contribution in [2.45, 2.75) is 51.5 Å². The van der Waals surface area contributed by atoms with Crippen LogP contribution in [0.1, 0.15) is 43.2 Å². The van der Waals surface area contributed by atoms with Crippen LogP contribution in [0.4, 0.5) is 5.13 Å². The molecule has 2 unspecified atom stereocenters. The van der Waals surface area contributed by atoms with Gasteiger partial charge >= 0.3 is 0 Å². The highest BCUT2D eigenvalue weighted by Gasteiger charge is 2.37. The van der Waals surface area contributed by atoms with Crippen molar-refractivity contribution in [2.24, 2.45) is 11.0 Å². The van der Waals surface area contributed by atoms with Gasteiger partial charge in [-0.1, -0.05) is 6.92 Å². The molecule has 1 saturated heterocycles. The average Bonchev–Trinajstić information content (AvgIpc) is 3.16. The third-order valence-electron chi connectivity index (χ3n) is 5.28. The summed E-state index contributed by atoms with van der Waals surface area (Å²) in [5.74, 6) is 0.00201. The van der Waals surface area contributed by atoms with Crippen LogP contribution in [0.3, 0.4) is 0 Å². The van der Waals surface area contributed by atoms with Gasteiger partial charge in [-0.05, 0) is 31.6 Å². The standard InChI is InChI=1S/C17H22N4O4S2/c1-10-2-3-12-14(8-10)26-17(18-12)19-16(23)13-4-5-15(22)21(20-13)11-6-7-27(24,25)9-11/h10-11H,2-9H2,1H3,(H,18,19,23). The predicted octanol–water partition coefficient (Wildman–Crippen LogP) is 1.37. The minimum Gasteiger partial charge on any atom is -0.297 e. The van der Waals surface area contributed by atoms with Crippen molar-refractivity contribution in [3.8, 4) is 0 Å². The second-order valence-corrected chi connectivity index (χ2v) is 10.8. The Morgan fingerprint density at radius 2 is 2.07 bits per heavy atom. The molecule has 10 heteroatoms. The van der Waals surface area contributed by atoms with Gasteiger partial charge in [0.15, 0.2) is 15.0 Å². The van der Waals surface area contributed by atoms with Crippen LogP contribution in [-0.4, -0.2) is 53.5 Å². The molecule has 8 nitrogen and oxygen atoms in total. The molecular formula is C17H22N4O4S2. The van der Waals surface area contributed by atoms with Crippen molar-refractivity contribution in [3.05, 3.63) is 10.6 Å². The maximum Gasteiger partial charge on any atom is 0.273 e. The van der Waals surface area contributed by atoms with Crippen molar-refractivity contribution < 1.29 is 18.0 Å². The van der Waals surface area contributed by atoms with E-state index in [-0.39, 0.29) is 41.9 Å². The molecule has 0 spiro atoms. The number of amides is 2. The number of aromatic nitrogens is 1. The van der Waals surface area contributed by atoms with E-state index in [4.69, 9.17) is 0 Å². The zero-order chi connectivity index (χ0) is 19.2. The molecule has 1 aliphatic carbocycles. The van der Waals surface area contributed by atoms with E-state index >= 15 is 0 Å². The maximum atomic E-state index is 12.6. The summed E-state index contributed by atoms with van der Waals surface area (Å²) in [6.07, 6.45) is 3.81. The number of carbonyl (C=O) groups excluding carboxylic acids is 2. The van der Waals surface area contributed by atoms with Gasteiger partial charge in [-0.2, -0.15) is 5.10 Å². The molecule has 0 aromatic carbocycles. The van der Waals surface area contributed by atoms with Crippen molar-refractivity contribution in [2.75, 3.05) is 16.8 Å². The summed E-state index contributed by atoms with van der Waals surface area (Å²) >= 11 is 1.50. The summed E-state index contributed by atoms with van der Waals surface area (Å²) in [5, 5.41) is 8.78. The Kier molecular flexibility index (Phi) is 4.79. The number of carbonyl (C=O) groups is 2. The quantitative estimate of drug-likeness (QED) is 0.810. The zero-order valence-electron chi connectivity index (χ0n) is 15.1. The summed E-state index contributed by atoms with van der Waals surface area (Å²) in [6.45, 7) is 2.21. The van der Waals surface area contributed by atoms with Gasteiger partial charge in [0.2, 0.25) is 5.91 Å². The maximum absolute atomic E-state index is 12.6. The van der Waals surface area contributed by atoms with Crippen LogP contribution in [0.25, 0.3) is 0 Å². The lowest BCUT2D eigenvalue weighted by Crippen LogP contribution is -2.42. The Balaban J connectivity index is 1.48. The second kappa shape index (κ2) is 6.97. The molecule has 2 atom stereocenters. The molecule has 2 aliphatic heterocycles. The van der Waals surface area contributed by atoms with E-state index in [0.29, 0.717) is 17.5 Å². The van der Waals surface area contributed by atoms with Crippen LogP contribution in [0.2, 0.25) is 0 Å². The van der Waals surface area contributed by atoms with Gasteiger partial charge in [0.05, 0.1) is 23.2 Å². The summed E-state index contributed by atoms with van der Waals surface area (Å²) in [4.78, 5) is 30.5. The Bertz CT molecular complexity index is 921. The molecule has 146 valence electrons. The number of sulfone groups is 1. The minimum absolute atomic E-state index is 0.0571. The third-order valence-corrected chi connectivity index (χ3v) is 8.07. The van der Waals surface area contributed by atoms with E-state index in [1.54, 1.807) is 0 Å². The number of aryl methyl sites for hydroxylation is 1. The monoisotopic (exact) mass is 410 g/mol. The number of anilines is 1. The van der Waals surface area contributed by atoms with Crippen molar-refractivity contribution >= 4 is 43.8 Å². The number of rotatable bonds is 3. The molecule has 3 heterocycles. The van der Waals surface area contributed by atoms with Crippen molar-refractivity contribution in [3.63, 3.8) is 0 Å². The number of hydrogen-bond acceptors (Lipinski definition) is 7. The van der Waals surface area contributed by atoms with Gasteiger partial charge < -0.3 is 0 Å². The van der Waals surface area contributed by atoms with Gasteiger partial charge in [-0.3, -0.25) is 14.9 Å². The van der Waals surface area contributed by atoms with E-state index in [2.05, 4.69) is 22.3 Å². The number of hydrazone groups is 1. The molecule has 1 aromatic rings. The first-order chi connectivity index (χ1) is 12.8. The molecule has 1 aromatic heterocycles. The fourth-order valence-electron chi connectivity index (χ4n) is 3.75. The molecule has 1 fully saturated rings. The van der Waals surface area contributed by atoms with Gasteiger partial charge in [0.1, 0.15) is 5.71 Å². The Labute approximate surface area is 162 Å². The van der Waals surface area contributed by atoms with E-state index in [0.717, 1.165) is 25.0 Å². The fourth-order valence-corrected chi connectivity index (χ4v) is 6.61. The first kappa shape index (κ1) is 18.5. The molecular weight excluding hydrogens is 388 g/mol. The Morgan fingerprint density at radius 3 is 2.81 bits per heavy atom. The molecule has 3 aliphatic rings. The van der Waals surface area contributed by atoms with Gasteiger partial charge in [-0.15, -0.1) is 11.3 Å². The Hall–Kier alpha value is -1.81. The number of nitrogens with zero attached hydrogens (tertiary/aromatic N) is 3. The largest absolute Gasteiger partial charge is 0.297 e. The molecule has 0 bridgehead atoms. The Morgan fingerprint density at radius 1 is 1.26 bits per heavy atom. The molecule has 0 saturated carbocycles. The molecule has 27 heavy (non-hydrogen) atoms. The van der Waals surface area contributed by atoms with Crippen LogP contribution < -0.4 is 5.32 Å². The number of nitrogens with one attached hydrogen (secondary N) is 1. The first-order valence-electron chi connectivity index (χ1n) is 9.20. The molecule has 2 amide bonds. The van der Waals surface area contributed by atoms with E-state index in [9.17, 15) is 18.0 Å². The van der Waals surface area contributed by atoms with Crippen LogP contribution >= 0.6 is 11.3 Å². The van der Waals surface area contributed by atoms with Gasteiger partial charge in [0, 0.05) is 17.7 Å². The topological polar surface area (TPSA) is 109 Å². The lowest BCUT2D eigenvalue weighted by Gasteiger charge is -2.27. The van der Waals surface area contributed by atoms with Gasteiger partial charge in [-0.25, -0.2) is 18.4 Å². The summed E-state index contributed by atoms with van der Waals surface area (Å²) in [7, 11) is -3.13. The highest BCUT2D eigenvalue weighted by molar-refractivity contribution is 7.91. The number of thiazole rings is 1. The summed E-state index contributed by atoms with van der Waals surface area (Å²) in [6, 6.07) is -0.473. The van der Waals surface area contributed by atoms with E-state index in [1.807, 2.05) is 0 Å². The smallest absolute Gasteiger partial charge is 0.273 e. The molecule has 1 N–H and O–H groups in total. The van der Waals surface area contributed by atoms with Crippen molar-refractivity contribution in [1.82, 2.24) is 9.99 Å². The average molecular weight is 411 g/mol. The fraction of sp³-hybridized carbons (Fsp3) is 0.647. The summed E-state index contributed by atoms with van der Waals surface area (Å²) in [5.41, 5.74) is 1.31. The van der Waals surface area contributed by atoms with Crippen LogP contribution in [0, 0.1) is 5.92 Å². The minimum atomic E-state index is -3.13. The highest BCUT2D eigenvalue weighted by atomic mass is 32.2. The predicted molar refractivity (Wildman–Crippen MR) is 103 cm³/mol. The lowest BCUT2D eigenvalue weighted by molar-refractivity contribution is -0.133. The summed E-state index contributed by atoms with van der Waals surface area (Å²) < 4.78 is 23.4. The SMILES string of the molecule is CC1CCc2nc(NC(=O)C3=NN(C4CCS(=O)(=O)C4)C(=O)CC3)sc2C1. The highest BCUT2D eigenvalue weighted by Crippen LogP contribution is 2.32. The molecule has 0 radical (unpaired) electrons. The zero-order valence-corrected chi connectivity index (χ0v) is 16.7. The normalized spacial score (nSPS) is 27.2. The molecule has 4 rings (SSSR count). The second-order valence-electron chi connectivity index (χ2n) is 7.53. The van der Waals surface area contributed by atoms with E-state index < -0.39 is 15.9 Å². The number of fused-ring (bicyclic) bond motifs is 1. The first-order valence-corrected chi connectivity index (χ1v) is 11.8. The van der Waals surface area contributed by atoms with Crippen LogP contribution in [0.5, 0.6) is 0 Å². The van der Waals surface area contributed by atoms with E-state index in [1.165, 1.54) is 21.2 Å². The van der Waals surface area contributed by atoms with Crippen LogP contribution in [-0.2, 0) is 32.3 Å². The van der Waals surface area contributed by atoms with Gasteiger partial charge in [0.25, 0.3) is 5.91 Å². The third kappa shape index (κ3) is 3.91. The lowest BCUT2D eigenvalue weighted by atomic mass is 9.93. The number of hydrogen-bond donors (Lipinski definition) is 1. The van der Waals surface area contributed by atoms with Crippen LogP contribution in [0.15, 0.2) is 5.10 Å².